The second kappa shape index (κ2) is 10.2. The molecule has 0 aliphatic rings. The summed E-state index contributed by atoms with van der Waals surface area (Å²) in [6, 6.07) is 19.8. The summed E-state index contributed by atoms with van der Waals surface area (Å²) in [4.78, 5) is 21.9. The van der Waals surface area contributed by atoms with E-state index in [1.54, 1.807) is 36.4 Å². The van der Waals surface area contributed by atoms with Gasteiger partial charge in [-0.25, -0.2) is 9.98 Å². The fourth-order valence-electron chi connectivity index (χ4n) is 2.70. The van der Waals surface area contributed by atoms with Crippen LogP contribution in [0.1, 0.15) is 11.1 Å². The number of nitrogens with zero attached hydrogens (tertiary/aromatic N) is 5. The fraction of sp³-hybridized carbons (Fsp3) is 0. The molecule has 0 fully saturated rings. The van der Waals surface area contributed by atoms with Gasteiger partial charge in [0.1, 0.15) is 0 Å². The minimum Gasteiger partial charge on any atom is -0.219 e. The molecule has 0 aliphatic carbocycles. The summed E-state index contributed by atoms with van der Waals surface area (Å²) in [6.45, 7) is 0. The highest BCUT2D eigenvalue weighted by Gasteiger charge is 2.09. The van der Waals surface area contributed by atoms with Crippen LogP contribution < -0.4 is 0 Å². The van der Waals surface area contributed by atoms with Crippen molar-refractivity contribution >= 4 is 70.7 Å². The molecular weight excluding hydrogens is 488 g/mol. The van der Waals surface area contributed by atoms with Crippen LogP contribution in [0.2, 0.25) is 20.1 Å². The Bertz CT molecular complexity index is 1200. The highest BCUT2D eigenvalue weighted by atomic mass is 35.5. The van der Waals surface area contributed by atoms with E-state index in [0.29, 0.717) is 37.0 Å². The van der Waals surface area contributed by atoms with Crippen LogP contribution in [0.5, 0.6) is 0 Å². The molecule has 9 heteroatoms. The molecule has 5 nitrogen and oxygen atoms in total. The van der Waals surface area contributed by atoms with E-state index < -0.39 is 0 Å². The van der Waals surface area contributed by atoms with Crippen LogP contribution in [-0.2, 0) is 0 Å². The number of benzene rings is 3. The summed E-state index contributed by atoms with van der Waals surface area (Å²) in [5.41, 5.74) is 1.91. The summed E-state index contributed by atoms with van der Waals surface area (Å²) in [7, 11) is 0. The van der Waals surface area contributed by atoms with Crippen LogP contribution in [-0.4, -0.2) is 27.4 Å². The second-order valence-electron chi connectivity index (χ2n) is 6.41. The summed E-state index contributed by atoms with van der Waals surface area (Å²) in [5.74, 6) is 0.704. The van der Waals surface area contributed by atoms with E-state index in [1.165, 1.54) is 12.4 Å². The van der Waals surface area contributed by atoms with Gasteiger partial charge in [0.05, 0.1) is 20.1 Å². The zero-order valence-electron chi connectivity index (χ0n) is 16.3. The molecule has 0 radical (unpaired) electrons. The van der Waals surface area contributed by atoms with E-state index in [0.717, 1.165) is 5.56 Å². The van der Waals surface area contributed by atoms with E-state index in [2.05, 4.69) is 24.9 Å². The number of hydrogen-bond donors (Lipinski definition) is 0. The van der Waals surface area contributed by atoms with Crippen LogP contribution in [0, 0.1) is 0 Å². The molecule has 0 saturated heterocycles. The van der Waals surface area contributed by atoms with Crippen molar-refractivity contribution in [3.8, 4) is 11.4 Å². The molecule has 1 heterocycles. The number of halogens is 4. The Morgan fingerprint density at radius 3 is 1.41 bits per heavy atom. The first-order valence-corrected chi connectivity index (χ1v) is 10.8. The lowest BCUT2D eigenvalue weighted by Gasteiger charge is -2.04. The average Bonchev–Trinajstić information content (AvgIpc) is 2.79. The van der Waals surface area contributed by atoms with E-state index in [4.69, 9.17) is 46.4 Å². The Labute approximate surface area is 204 Å². The molecule has 0 unspecified atom stereocenters. The van der Waals surface area contributed by atoms with Gasteiger partial charge < -0.3 is 0 Å². The third-order valence-corrected chi connectivity index (χ3v) is 5.58. The molecule has 0 spiro atoms. The zero-order valence-corrected chi connectivity index (χ0v) is 19.3. The average molecular weight is 501 g/mol. The molecule has 4 rings (SSSR count). The Morgan fingerprint density at radius 2 is 0.969 bits per heavy atom. The third kappa shape index (κ3) is 5.31. The summed E-state index contributed by atoms with van der Waals surface area (Å²) in [5, 5.41) is 1.85. The predicted octanol–water partition coefficient (Wildman–Crippen LogP) is 7.65. The van der Waals surface area contributed by atoms with Crippen molar-refractivity contribution in [3.05, 3.63) is 97.9 Å². The molecular formula is C23H13Cl4N5. The minimum absolute atomic E-state index is 0.146. The van der Waals surface area contributed by atoms with Gasteiger partial charge in [-0.2, -0.15) is 15.0 Å². The van der Waals surface area contributed by atoms with Gasteiger partial charge in [0.2, 0.25) is 0 Å². The Morgan fingerprint density at radius 1 is 0.531 bits per heavy atom. The van der Waals surface area contributed by atoms with Gasteiger partial charge in [0.25, 0.3) is 11.9 Å². The van der Waals surface area contributed by atoms with Crippen molar-refractivity contribution in [2.24, 2.45) is 9.98 Å². The maximum Gasteiger partial charge on any atom is 0.254 e. The lowest BCUT2D eigenvalue weighted by molar-refractivity contribution is 1.04. The molecule has 158 valence electrons. The molecule has 1 aromatic heterocycles. The molecule has 0 bridgehead atoms. The molecule has 4 aromatic rings. The molecule has 0 N–H and O–H groups in total. The van der Waals surface area contributed by atoms with Crippen molar-refractivity contribution in [2.75, 3.05) is 0 Å². The Kier molecular flexibility index (Phi) is 7.12. The standard InChI is InChI=1S/C23H13Cl4N5/c24-17-8-4-9-18(25)15(17)12-28-22-30-21(14-6-2-1-3-7-14)31-23(32-22)29-13-16-19(26)10-5-11-20(16)27/h1-13H. The molecule has 0 amide bonds. The lowest BCUT2D eigenvalue weighted by atomic mass is 10.2. The number of rotatable bonds is 5. The quantitative estimate of drug-likeness (QED) is 0.264. The van der Waals surface area contributed by atoms with Crippen LogP contribution in [0.3, 0.4) is 0 Å². The maximum absolute atomic E-state index is 6.22. The largest absolute Gasteiger partial charge is 0.254 e. The molecule has 0 aliphatic heterocycles. The lowest BCUT2D eigenvalue weighted by Crippen LogP contribution is -1.94. The molecule has 0 saturated carbocycles. The van der Waals surface area contributed by atoms with Gasteiger partial charge in [0.15, 0.2) is 5.82 Å². The van der Waals surface area contributed by atoms with Crippen molar-refractivity contribution in [2.45, 2.75) is 0 Å². The van der Waals surface area contributed by atoms with Crippen LogP contribution in [0.25, 0.3) is 11.4 Å². The summed E-state index contributed by atoms with van der Waals surface area (Å²) in [6.07, 6.45) is 3.01. The first-order valence-electron chi connectivity index (χ1n) is 9.29. The van der Waals surface area contributed by atoms with Crippen LogP contribution in [0.15, 0.2) is 76.7 Å². The monoisotopic (exact) mass is 499 g/mol. The molecule has 3 aromatic carbocycles. The smallest absolute Gasteiger partial charge is 0.219 e. The minimum atomic E-state index is 0.146. The summed E-state index contributed by atoms with van der Waals surface area (Å²) < 4.78 is 0. The van der Waals surface area contributed by atoms with Crippen molar-refractivity contribution in [1.29, 1.82) is 0 Å². The molecule has 0 atom stereocenters. The van der Waals surface area contributed by atoms with E-state index in [9.17, 15) is 0 Å². The van der Waals surface area contributed by atoms with Crippen LogP contribution in [0.4, 0.5) is 11.9 Å². The first-order chi connectivity index (χ1) is 15.5. The predicted molar refractivity (Wildman–Crippen MR) is 133 cm³/mol. The zero-order chi connectivity index (χ0) is 22.5. The van der Waals surface area contributed by atoms with E-state index in [-0.39, 0.29) is 11.9 Å². The van der Waals surface area contributed by atoms with Gasteiger partial charge in [-0.3, -0.25) is 0 Å². The topological polar surface area (TPSA) is 63.4 Å². The Balaban J connectivity index is 1.77. The highest BCUT2D eigenvalue weighted by molar-refractivity contribution is 6.39. The third-order valence-electron chi connectivity index (χ3n) is 4.26. The fourth-order valence-corrected chi connectivity index (χ4v) is 3.69. The van der Waals surface area contributed by atoms with Crippen molar-refractivity contribution < 1.29 is 0 Å². The molecule has 32 heavy (non-hydrogen) atoms. The normalized spacial score (nSPS) is 11.5. The number of aromatic nitrogens is 3. The second-order valence-corrected chi connectivity index (χ2v) is 8.04. The highest BCUT2D eigenvalue weighted by Crippen LogP contribution is 2.25. The van der Waals surface area contributed by atoms with Gasteiger partial charge in [-0.1, -0.05) is 88.9 Å². The number of hydrogen-bond acceptors (Lipinski definition) is 5. The summed E-state index contributed by atoms with van der Waals surface area (Å²) >= 11 is 24.9. The van der Waals surface area contributed by atoms with Crippen molar-refractivity contribution in [3.63, 3.8) is 0 Å². The van der Waals surface area contributed by atoms with Crippen LogP contribution >= 0.6 is 46.4 Å². The first kappa shape index (κ1) is 22.4. The Hall–Kier alpha value is -2.83. The maximum atomic E-state index is 6.22. The van der Waals surface area contributed by atoms with Gasteiger partial charge in [-0.05, 0) is 24.3 Å². The van der Waals surface area contributed by atoms with E-state index in [1.807, 2.05) is 30.3 Å². The van der Waals surface area contributed by atoms with Crippen molar-refractivity contribution in [1.82, 2.24) is 15.0 Å². The van der Waals surface area contributed by atoms with E-state index >= 15 is 0 Å². The van der Waals surface area contributed by atoms with Gasteiger partial charge in [-0.15, -0.1) is 0 Å². The van der Waals surface area contributed by atoms with Gasteiger partial charge >= 0.3 is 0 Å². The van der Waals surface area contributed by atoms with Gasteiger partial charge in [0, 0.05) is 29.1 Å². The SMILES string of the molecule is Clc1cccc(Cl)c1C=Nc1nc(N=Cc2c(Cl)cccc2Cl)nc(-c2ccccc2)n1. The number of aliphatic imine (C=N–C) groups is 2.